The number of rotatable bonds is 4. The number of aromatic nitrogens is 1. The second-order valence-corrected chi connectivity index (χ2v) is 3.48. The van der Waals surface area contributed by atoms with Crippen LogP contribution in [0.4, 0.5) is 5.69 Å². The van der Waals surface area contributed by atoms with E-state index in [9.17, 15) is 19.7 Å². The van der Waals surface area contributed by atoms with Crippen LogP contribution in [0.5, 0.6) is 0 Å². The van der Waals surface area contributed by atoms with Gasteiger partial charge in [0.25, 0.3) is 11.6 Å². The third kappa shape index (κ3) is 2.80. The van der Waals surface area contributed by atoms with Gasteiger partial charge in [-0.2, -0.15) is 0 Å². The molecular weight excluding hydrogens is 230 g/mol. The summed E-state index contributed by atoms with van der Waals surface area (Å²) >= 11 is 0. The van der Waals surface area contributed by atoms with Gasteiger partial charge in [-0.05, 0) is 6.92 Å². The Bertz CT molecular complexity index is 479. The van der Waals surface area contributed by atoms with Crippen molar-refractivity contribution in [3.8, 4) is 0 Å². The van der Waals surface area contributed by atoms with Gasteiger partial charge >= 0.3 is 5.97 Å². The van der Waals surface area contributed by atoms with Gasteiger partial charge in [0.1, 0.15) is 11.7 Å². The zero-order chi connectivity index (χ0) is 13.2. The Hall–Kier alpha value is -2.38. The minimum absolute atomic E-state index is 0.0322. The molecule has 0 aliphatic rings. The van der Waals surface area contributed by atoms with E-state index in [-0.39, 0.29) is 11.4 Å². The number of nitrogens with one attached hydrogen (secondary N) is 1. The molecule has 1 unspecified atom stereocenters. The van der Waals surface area contributed by atoms with E-state index < -0.39 is 22.8 Å². The summed E-state index contributed by atoms with van der Waals surface area (Å²) in [5, 5.41) is 21.3. The van der Waals surface area contributed by atoms with E-state index in [2.05, 4.69) is 5.32 Å². The van der Waals surface area contributed by atoms with Crippen LogP contribution < -0.4 is 5.32 Å². The van der Waals surface area contributed by atoms with Crippen LogP contribution in [0.3, 0.4) is 0 Å². The van der Waals surface area contributed by atoms with Crippen molar-refractivity contribution in [1.29, 1.82) is 0 Å². The second kappa shape index (κ2) is 4.64. The molecule has 1 aromatic rings. The van der Waals surface area contributed by atoms with Crippen molar-refractivity contribution in [1.82, 2.24) is 9.88 Å². The van der Waals surface area contributed by atoms with E-state index in [1.807, 2.05) is 0 Å². The number of hydrogen-bond acceptors (Lipinski definition) is 4. The number of aryl methyl sites for hydroxylation is 1. The van der Waals surface area contributed by atoms with Crippen LogP contribution in [-0.4, -0.2) is 32.5 Å². The summed E-state index contributed by atoms with van der Waals surface area (Å²) in [5.74, 6) is -1.85. The van der Waals surface area contributed by atoms with Crippen molar-refractivity contribution >= 4 is 17.6 Å². The zero-order valence-corrected chi connectivity index (χ0v) is 9.21. The van der Waals surface area contributed by atoms with Crippen molar-refractivity contribution in [2.24, 2.45) is 7.05 Å². The molecule has 0 radical (unpaired) electrons. The fourth-order valence-corrected chi connectivity index (χ4v) is 1.20. The Labute approximate surface area is 96.0 Å². The van der Waals surface area contributed by atoms with Gasteiger partial charge in [0.2, 0.25) is 0 Å². The molecule has 1 heterocycles. The summed E-state index contributed by atoms with van der Waals surface area (Å²) in [4.78, 5) is 32.0. The van der Waals surface area contributed by atoms with Crippen LogP contribution in [0.15, 0.2) is 12.3 Å². The van der Waals surface area contributed by atoms with Crippen molar-refractivity contribution < 1.29 is 19.6 Å². The van der Waals surface area contributed by atoms with Crippen molar-refractivity contribution in [3.05, 3.63) is 28.1 Å². The van der Waals surface area contributed by atoms with E-state index in [1.54, 1.807) is 0 Å². The van der Waals surface area contributed by atoms with Gasteiger partial charge in [-0.3, -0.25) is 19.7 Å². The Morgan fingerprint density at radius 2 is 2.18 bits per heavy atom. The smallest absolute Gasteiger partial charge is 0.325 e. The van der Waals surface area contributed by atoms with Gasteiger partial charge in [0.05, 0.1) is 11.1 Å². The third-order valence-corrected chi connectivity index (χ3v) is 2.15. The monoisotopic (exact) mass is 241 g/mol. The van der Waals surface area contributed by atoms with Crippen molar-refractivity contribution in [3.63, 3.8) is 0 Å². The molecule has 8 nitrogen and oxygen atoms in total. The fourth-order valence-electron chi connectivity index (χ4n) is 1.20. The normalized spacial score (nSPS) is 11.9. The maximum atomic E-state index is 11.6. The molecule has 8 heteroatoms. The van der Waals surface area contributed by atoms with Gasteiger partial charge in [-0.1, -0.05) is 0 Å². The van der Waals surface area contributed by atoms with E-state index in [0.717, 1.165) is 6.07 Å². The number of carbonyl (C=O) groups excluding carboxylic acids is 1. The number of hydrogen-bond donors (Lipinski definition) is 2. The van der Waals surface area contributed by atoms with Crippen LogP contribution in [0.1, 0.15) is 17.4 Å². The largest absolute Gasteiger partial charge is 0.480 e. The summed E-state index contributed by atoms with van der Waals surface area (Å²) in [6.45, 7) is 1.30. The number of carboxylic acid groups (broad SMARTS) is 1. The van der Waals surface area contributed by atoms with Gasteiger partial charge in [-0.25, -0.2) is 0 Å². The van der Waals surface area contributed by atoms with Gasteiger partial charge in [-0.15, -0.1) is 0 Å². The summed E-state index contributed by atoms with van der Waals surface area (Å²) in [7, 11) is 1.47. The van der Waals surface area contributed by atoms with Gasteiger partial charge in [0, 0.05) is 13.1 Å². The standard InChI is InChI=1S/C9H11N3O5/c1-5(9(14)15)10-8(13)7-3-6(12(16)17)4-11(7)2/h3-5H,1-2H3,(H,10,13)(H,14,15). The summed E-state index contributed by atoms with van der Waals surface area (Å²) in [5.41, 5.74) is -0.189. The molecular formula is C9H11N3O5. The molecule has 1 atom stereocenters. The Balaban J connectivity index is 2.89. The maximum Gasteiger partial charge on any atom is 0.325 e. The number of nitrogens with zero attached hydrogens (tertiary/aromatic N) is 2. The van der Waals surface area contributed by atoms with Crippen molar-refractivity contribution in [2.75, 3.05) is 0 Å². The average Bonchev–Trinajstić information content (AvgIpc) is 2.60. The van der Waals surface area contributed by atoms with Crippen LogP contribution in [0.2, 0.25) is 0 Å². The van der Waals surface area contributed by atoms with Crippen LogP contribution in [0.25, 0.3) is 0 Å². The SMILES string of the molecule is CC(NC(=O)c1cc([N+](=O)[O-])cn1C)C(=O)O. The maximum absolute atomic E-state index is 11.6. The van der Waals surface area contributed by atoms with E-state index in [0.29, 0.717) is 0 Å². The number of carbonyl (C=O) groups is 2. The lowest BCUT2D eigenvalue weighted by molar-refractivity contribution is -0.384. The molecule has 92 valence electrons. The lowest BCUT2D eigenvalue weighted by Gasteiger charge is -2.08. The molecule has 0 bridgehead atoms. The first-order chi connectivity index (χ1) is 7.82. The molecule has 1 rings (SSSR count). The molecule has 1 aromatic heterocycles. The van der Waals surface area contributed by atoms with Crippen LogP contribution >= 0.6 is 0 Å². The lowest BCUT2D eigenvalue weighted by Crippen LogP contribution is -2.38. The molecule has 0 saturated carbocycles. The highest BCUT2D eigenvalue weighted by molar-refractivity contribution is 5.95. The third-order valence-electron chi connectivity index (χ3n) is 2.15. The lowest BCUT2D eigenvalue weighted by atomic mass is 10.3. The number of carboxylic acids is 1. The average molecular weight is 241 g/mol. The van der Waals surface area contributed by atoms with Crippen molar-refractivity contribution in [2.45, 2.75) is 13.0 Å². The van der Waals surface area contributed by atoms with Crippen LogP contribution in [0, 0.1) is 10.1 Å². The van der Waals surface area contributed by atoms with E-state index in [4.69, 9.17) is 5.11 Å². The molecule has 0 aromatic carbocycles. The fraction of sp³-hybridized carbons (Fsp3) is 0.333. The molecule has 17 heavy (non-hydrogen) atoms. The molecule has 2 N–H and O–H groups in total. The summed E-state index contributed by atoms with van der Waals surface area (Å²) < 4.78 is 1.27. The number of aliphatic carboxylic acids is 1. The molecule has 0 spiro atoms. The first kappa shape index (κ1) is 12.7. The highest BCUT2D eigenvalue weighted by atomic mass is 16.6. The molecule has 1 amide bonds. The Kier molecular flexibility index (Phi) is 3.46. The van der Waals surface area contributed by atoms with Gasteiger partial charge in [0.15, 0.2) is 0 Å². The minimum Gasteiger partial charge on any atom is -0.480 e. The van der Waals surface area contributed by atoms with E-state index >= 15 is 0 Å². The number of amides is 1. The first-order valence-corrected chi connectivity index (χ1v) is 4.67. The minimum atomic E-state index is -1.18. The highest BCUT2D eigenvalue weighted by Crippen LogP contribution is 2.15. The Morgan fingerprint density at radius 3 is 2.59 bits per heavy atom. The predicted molar refractivity (Wildman–Crippen MR) is 56.6 cm³/mol. The molecule has 0 saturated heterocycles. The Morgan fingerprint density at radius 1 is 1.59 bits per heavy atom. The number of nitro groups is 1. The molecule has 0 fully saturated rings. The van der Waals surface area contributed by atoms with E-state index in [1.165, 1.54) is 24.7 Å². The van der Waals surface area contributed by atoms with Gasteiger partial charge < -0.3 is 15.0 Å². The second-order valence-electron chi connectivity index (χ2n) is 3.48. The highest BCUT2D eigenvalue weighted by Gasteiger charge is 2.20. The molecule has 0 aliphatic heterocycles. The first-order valence-electron chi connectivity index (χ1n) is 4.67. The quantitative estimate of drug-likeness (QED) is 0.574. The molecule has 0 aliphatic carbocycles. The summed E-state index contributed by atoms with van der Waals surface area (Å²) in [6, 6.07) is 0.0284. The predicted octanol–water partition coefficient (Wildman–Crippen LogP) is 0.136. The summed E-state index contributed by atoms with van der Waals surface area (Å²) in [6.07, 6.45) is 1.18. The van der Waals surface area contributed by atoms with Crippen LogP contribution in [-0.2, 0) is 11.8 Å². The topological polar surface area (TPSA) is 114 Å². The zero-order valence-electron chi connectivity index (χ0n) is 9.21.